The van der Waals surface area contributed by atoms with E-state index in [0.717, 1.165) is 0 Å². The first-order valence-electron chi connectivity index (χ1n) is 5.94. The molecule has 1 aromatic rings. The highest BCUT2D eigenvalue weighted by Gasteiger charge is 2.19. The summed E-state index contributed by atoms with van der Waals surface area (Å²) in [6.45, 7) is 2.51. The molecule has 0 saturated carbocycles. The summed E-state index contributed by atoms with van der Waals surface area (Å²) in [5, 5.41) is 21.4. The topological polar surface area (TPSA) is 149 Å². The second kappa shape index (κ2) is 6.97. The van der Waals surface area contributed by atoms with Crippen molar-refractivity contribution in [1.82, 2.24) is 10.3 Å². The summed E-state index contributed by atoms with van der Waals surface area (Å²) in [6.07, 6.45) is 1.31. The Labute approximate surface area is 120 Å². The van der Waals surface area contributed by atoms with Gasteiger partial charge in [-0.05, 0) is 13.8 Å². The molecule has 0 radical (unpaired) electrons. The number of hydrogen-bond donors (Lipinski definition) is 5. The fraction of sp³-hybridized carbons (Fsp3) is 0.455. The zero-order chi connectivity index (χ0) is 16.2. The van der Waals surface area contributed by atoms with Crippen molar-refractivity contribution in [3.8, 4) is 5.75 Å². The van der Waals surface area contributed by atoms with Crippen LogP contribution in [0.1, 0.15) is 23.7 Å². The van der Waals surface area contributed by atoms with Crippen LogP contribution < -0.4 is 5.32 Å². The van der Waals surface area contributed by atoms with Gasteiger partial charge in [0.1, 0.15) is 11.8 Å². The van der Waals surface area contributed by atoms with Crippen LogP contribution in [0.3, 0.4) is 0 Å². The number of aromatic nitrogens is 1. The normalized spacial score (nSPS) is 13.1. The number of rotatable bonds is 7. The van der Waals surface area contributed by atoms with Gasteiger partial charge in [-0.25, -0.2) is 4.57 Å². The number of aliphatic carboxylic acids is 1. The molecular formula is C11H17N2O7P. The van der Waals surface area contributed by atoms with Gasteiger partial charge in [-0.2, -0.15) is 0 Å². The number of phosphoric ester groups is 1. The Morgan fingerprint density at radius 3 is 2.67 bits per heavy atom. The minimum Gasteiger partial charge on any atom is -0.506 e. The molecule has 118 valence electrons. The smallest absolute Gasteiger partial charge is 0.469 e. The van der Waals surface area contributed by atoms with Gasteiger partial charge in [-0.15, -0.1) is 0 Å². The molecule has 0 aromatic carbocycles. The largest absolute Gasteiger partial charge is 0.506 e. The molecule has 0 aliphatic carbocycles. The Kier molecular flexibility index (Phi) is 5.82. The summed E-state index contributed by atoms with van der Waals surface area (Å²) in [5.41, 5.74) is 0.852. The molecule has 0 spiro atoms. The van der Waals surface area contributed by atoms with Gasteiger partial charge in [0.15, 0.2) is 0 Å². The van der Waals surface area contributed by atoms with Crippen LogP contribution in [0.15, 0.2) is 6.20 Å². The summed E-state index contributed by atoms with van der Waals surface area (Å²) < 4.78 is 15.1. The molecule has 1 aromatic heterocycles. The van der Waals surface area contributed by atoms with Gasteiger partial charge in [0, 0.05) is 23.9 Å². The number of pyridine rings is 1. The summed E-state index contributed by atoms with van der Waals surface area (Å²) in [4.78, 5) is 32.0. The number of hydrogen-bond acceptors (Lipinski definition) is 6. The molecule has 1 atom stereocenters. The Hall–Kier alpha value is -1.51. The molecule has 5 N–H and O–H groups in total. The van der Waals surface area contributed by atoms with E-state index >= 15 is 0 Å². The van der Waals surface area contributed by atoms with Gasteiger partial charge in [0.05, 0.1) is 12.3 Å². The Morgan fingerprint density at radius 2 is 2.14 bits per heavy atom. The Balaban J connectivity index is 2.95. The molecule has 0 fully saturated rings. The second-order valence-electron chi connectivity index (χ2n) is 4.40. The van der Waals surface area contributed by atoms with Crippen molar-refractivity contribution < 1.29 is 33.9 Å². The van der Waals surface area contributed by atoms with Crippen LogP contribution in [0.4, 0.5) is 0 Å². The van der Waals surface area contributed by atoms with E-state index in [1.807, 2.05) is 0 Å². The van der Waals surface area contributed by atoms with Crippen LogP contribution in [0, 0.1) is 6.92 Å². The van der Waals surface area contributed by atoms with E-state index in [2.05, 4.69) is 14.8 Å². The third-order valence-corrected chi connectivity index (χ3v) is 3.24. The van der Waals surface area contributed by atoms with Crippen LogP contribution in [0.5, 0.6) is 5.75 Å². The molecule has 1 rings (SSSR count). The predicted octanol–water partition coefficient (Wildman–Crippen LogP) is 0.268. The van der Waals surface area contributed by atoms with Gasteiger partial charge >= 0.3 is 13.8 Å². The van der Waals surface area contributed by atoms with E-state index in [1.54, 1.807) is 6.92 Å². The van der Waals surface area contributed by atoms with E-state index in [4.69, 9.17) is 14.9 Å². The van der Waals surface area contributed by atoms with Crippen molar-refractivity contribution in [2.24, 2.45) is 0 Å². The highest BCUT2D eigenvalue weighted by Crippen LogP contribution is 2.38. The third kappa shape index (κ3) is 5.41. The van der Waals surface area contributed by atoms with Crippen molar-refractivity contribution in [3.63, 3.8) is 0 Å². The average molecular weight is 320 g/mol. The van der Waals surface area contributed by atoms with Gasteiger partial charge in [0.2, 0.25) is 0 Å². The third-order valence-electron chi connectivity index (χ3n) is 2.77. The maximum Gasteiger partial charge on any atom is 0.469 e. The zero-order valence-corrected chi connectivity index (χ0v) is 12.4. The summed E-state index contributed by atoms with van der Waals surface area (Å²) in [6, 6.07) is -0.853. The SMILES string of the molecule is Cc1ncc(COP(=O)(O)O)c(CN[C@H](C)C(=O)O)c1O. The molecule has 10 heteroatoms. The molecule has 0 amide bonds. The number of aromatic hydroxyl groups is 1. The van der Waals surface area contributed by atoms with Crippen molar-refractivity contribution in [1.29, 1.82) is 0 Å². The van der Waals surface area contributed by atoms with Crippen molar-refractivity contribution in [2.45, 2.75) is 33.0 Å². The molecule has 21 heavy (non-hydrogen) atoms. The van der Waals surface area contributed by atoms with Crippen molar-refractivity contribution >= 4 is 13.8 Å². The number of carboxylic acid groups (broad SMARTS) is 1. The predicted molar refractivity (Wildman–Crippen MR) is 71.4 cm³/mol. The minimum absolute atomic E-state index is 0.0114. The maximum atomic E-state index is 10.7. The van der Waals surface area contributed by atoms with Crippen LogP contribution >= 0.6 is 7.82 Å². The zero-order valence-electron chi connectivity index (χ0n) is 11.5. The lowest BCUT2D eigenvalue weighted by Gasteiger charge is -2.15. The fourth-order valence-corrected chi connectivity index (χ4v) is 1.81. The number of carbonyl (C=O) groups is 1. The van der Waals surface area contributed by atoms with E-state index in [9.17, 15) is 14.5 Å². The first-order chi connectivity index (χ1) is 9.61. The molecule has 0 aliphatic rings. The Bertz CT molecular complexity index is 572. The average Bonchev–Trinajstić information content (AvgIpc) is 2.37. The van der Waals surface area contributed by atoms with Gasteiger partial charge in [-0.1, -0.05) is 0 Å². The van der Waals surface area contributed by atoms with Crippen molar-refractivity contribution in [2.75, 3.05) is 0 Å². The van der Waals surface area contributed by atoms with Gasteiger partial charge < -0.3 is 25.3 Å². The quantitative estimate of drug-likeness (QED) is 0.446. The molecular weight excluding hydrogens is 303 g/mol. The second-order valence-corrected chi connectivity index (χ2v) is 5.64. The minimum atomic E-state index is -4.66. The van der Waals surface area contributed by atoms with E-state index in [1.165, 1.54) is 13.1 Å². The lowest BCUT2D eigenvalue weighted by molar-refractivity contribution is -0.139. The monoisotopic (exact) mass is 320 g/mol. The number of nitrogens with zero attached hydrogens (tertiary/aromatic N) is 1. The fourth-order valence-electron chi connectivity index (χ4n) is 1.50. The lowest BCUT2D eigenvalue weighted by Crippen LogP contribution is -2.33. The summed E-state index contributed by atoms with van der Waals surface area (Å²) >= 11 is 0. The van der Waals surface area contributed by atoms with Crippen LogP contribution in [-0.2, 0) is 27.0 Å². The van der Waals surface area contributed by atoms with Crippen LogP contribution in [0.2, 0.25) is 0 Å². The number of phosphoric acid groups is 1. The van der Waals surface area contributed by atoms with E-state index in [0.29, 0.717) is 5.69 Å². The molecule has 0 bridgehead atoms. The van der Waals surface area contributed by atoms with Crippen LogP contribution in [0.25, 0.3) is 0 Å². The highest BCUT2D eigenvalue weighted by atomic mass is 31.2. The van der Waals surface area contributed by atoms with Gasteiger partial charge in [0.25, 0.3) is 0 Å². The van der Waals surface area contributed by atoms with E-state index < -0.39 is 26.4 Å². The number of aryl methyl sites for hydroxylation is 1. The first-order valence-corrected chi connectivity index (χ1v) is 7.47. The number of carboxylic acids is 1. The Morgan fingerprint density at radius 1 is 1.52 bits per heavy atom. The molecule has 9 nitrogen and oxygen atoms in total. The number of nitrogens with one attached hydrogen (secondary N) is 1. The molecule has 0 saturated heterocycles. The van der Waals surface area contributed by atoms with Gasteiger partial charge in [-0.3, -0.25) is 14.3 Å². The maximum absolute atomic E-state index is 10.7. The molecule has 1 heterocycles. The lowest BCUT2D eigenvalue weighted by atomic mass is 10.1. The summed E-state index contributed by atoms with van der Waals surface area (Å²) in [7, 11) is -4.66. The molecule has 0 aliphatic heterocycles. The standard InChI is InChI=1S/C11H17N2O7P/c1-6-10(14)9(4-13-7(2)11(15)16)8(3-12-6)5-20-21(17,18)19/h3,7,13-14H,4-5H2,1-2H3,(H,15,16)(H2,17,18,19)/t7-/m1/s1. The summed E-state index contributed by atoms with van der Waals surface area (Å²) in [5.74, 6) is -1.24. The van der Waals surface area contributed by atoms with Crippen molar-refractivity contribution in [3.05, 3.63) is 23.0 Å². The van der Waals surface area contributed by atoms with Crippen LogP contribution in [-0.4, -0.2) is 37.0 Å². The highest BCUT2D eigenvalue weighted by molar-refractivity contribution is 7.46. The van der Waals surface area contributed by atoms with E-state index in [-0.39, 0.29) is 23.4 Å². The first kappa shape index (κ1) is 17.5. The molecule has 0 unspecified atom stereocenters.